The molecule has 1 fully saturated rings. The lowest BCUT2D eigenvalue weighted by molar-refractivity contribution is -0.137. The number of thiazole rings is 1. The zero-order chi connectivity index (χ0) is 22.6. The van der Waals surface area contributed by atoms with E-state index in [1.807, 2.05) is 36.1 Å². The van der Waals surface area contributed by atoms with Gasteiger partial charge in [0.05, 0.1) is 17.9 Å². The van der Waals surface area contributed by atoms with Crippen LogP contribution in [0.25, 0.3) is 10.6 Å². The third-order valence-electron chi connectivity index (χ3n) is 5.34. The van der Waals surface area contributed by atoms with E-state index in [1.165, 1.54) is 6.07 Å². The Morgan fingerprint density at radius 1 is 1.03 bits per heavy atom. The molecule has 0 radical (unpaired) electrons. The van der Waals surface area contributed by atoms with Crippen molar-refractivity contribution in [3.05, 3.63) is 59.2 Å². The van der Waals surface area contributed by atoms with Crippen molar-refractivity contribution in [2.24, 2.45) is 0 Å². The second-order valence-corrected chi connectivity index (χ2v) is 8.48. The molecule has 32 heavy (non-hydrogen) atoms. The first kappa shape index (κ1) is 22.5. The summed E-state index contributed by atoms with van der Waals surface area (Å²) < 4.78 is 43.8. The minimum absolute atomic E-state index is 0.589. The molecule has 4 rings (SSSR count). The fourth-order valence-corrected chi connectivity index (χ4v) is 4.52. The first-order valence-corrected chi connectivity index (χ1v) is 11.5. The van der Waals surface area contributed by atoms with Gasteiger partial charge in [-0.25, -0.2) is 9.97 Å². The van der Waals surface area contributed by atoms with Gasteiger partial charge in [0, 0.05) is 49.9 Å². The van der Waals surface area contributed by atoms with Crippen LogP contribution in [0.3, 0.4) is 0 Å². The number of aromatic nitrogens is 2. The highest BCUT2D eigenvalue weighted by atomic mass is 32.1. The number of halogens is 3. The van der Waals surface area contributed by atoms with Gasteiger partial charge in [-0.2, -0.15) is 13.2 Å². The number of anilines is 1. The SMILES string of the molecule is CCOc1ccc(-c2nc(CN3CCCN(c4ccc(C(F)(F)F)cn4)CC3)cs2)cc1. The fraction of sp³-hybridized carbons (Fsp3) is 0.391. The molecule has 3 heterocycles. The van der Waals surface area contributed by atoms with E-state index in [0.717, 1.165) is 66.9 Å². The van der Waals surface area contributed by atoms with E-state index in [4.69, 9.17) is 9.72 Å². The van der Waals surface area contributed by atoms with Crippen molar-refractivity contribution in [2.75, 3.05) is 37.7 Å². The molecule has 0 N–H and O–H groups in total. The Morgan fingerprint density at radius 2 is 1.84 bits per heavy atom. The minimum Gasteiger partial charge on any atom is -0.494 e. The monoisotopic (exact) mass is 462 g/mol. The summed E-state index contributed by atoms with van der Waals surface area (Å²) in [5, 5.41) is 3.07. The van der Waals surface area contributed by atoms with Crippen LogP contribution >= 0.6 is 11.3 Å². The third kappa shape index (κ3) is 5.58. The normalized spacial score (nSPS) is 15.6. The molecular weight excluding hydrogens is 437 g/mol. The van der Waals surface area contributed by atoms with Crippen molar-refractivity contribution in [3.63, 3.8) is 0 Å². The summed E-state index contributed by atoms with van der Waals surface area (Å²) in [5.74, 6) is 1.44. The summed E-state index contributed by atoms with van der Waals surface area (Å²) in [5.41, 5.74) is 1.38. The lowest BCUT2D eigenvalue weighted by Crippen LogP contribution is -2.31. The first-order valence-electron chi connectivity index (χ1n) is 10.6. The van der Waals surface area contributed by atoms with Crippen molar-refractivity contribution < 1.29 is 17.9 Å². The first-order chi connectivity index (χ1) is 15.4. The Kier molecular flexibility index (Phi) is 6.95. The topological polar surface area (TPSA) is 41.5 Å². The third-order valence-corrected chi connectivity index (χ3v) is 6.28. The van der Waals surface area contributed by atoms with E-state index < -0.39 is 11.7 Å². The molecule has 3 aromatic rings. The average molecular weight is 463 g/mol. The van der Waals surface area contributed by atoms with Crippen LogP contribution in [0.2, 0.25) is 0 Å². The molecule has 1 saturated heterocycles. The van der Waals surface area contributed by atoms with Crippen molar-refractivity contribution >= 4 is 17.2 Å². The van der Waals surface area contributed by atoms with Crippen LogP contribution in [0.4, 0.5) is 19.0 Å². The van der Waals surface area contributed by atoms with Gasteiger partial charge in [0.15, 0.2) is 0 Å². The van der Waals surface area contributed by atoms with E-state index in [9.17, 15) is 13.2 Å². The Balaban J connectivity index is 1.34. The molecule has 1 aromatic carbocycles. The standard InChI is InChI=1S/C23H25F3N4OS/c1-2-31-20-7-4-17(5-8-20)22-28-19(16-32-22)15-29-10-3-11-30(13-12-29)21-9-6-18(14-27-21)23(24,25)26/h4-9,14,16H,2-3,10-13,15H2,1H3. The van der Waals surface area contributed by atoms with Crippen molar-refractivity contribution in [2.45, 2.75) is 26.1 Å². The number of rotatable bonds is 6. The number of hydrogen-bond acceptors (Lipinski definition) is 6. The Bertz CT molecular complexity index is 1010. The quantitative estimate of drug-likeness (QED) is 0.495. The van der Waals surface area contributed by atoms with Gasteiger partial charge in [-0.05, 0) is 49.7 Å². The summed E-state index contributed by atoms with van der Waals surface area (Å²) in [4.78, 5) is 13.2. The minimum atomic E-state index is -4.36. The van der Waals surface area contributed by atoms with E-state index >= 15 is 0 Å². The van der Waals surface area contributed by atoms with E-state index in [-0.39, 0.29) is 0 Å². The van der Waals surface area contributed by atoms with Gasteiger partial charge in [-0.1, -0.05) is 0 Å². The van der Waals surface area contributed by atoms with Gasteiger partial charge in [0.1, 0.15) is 16.6 Å². The molecule has 170 valence electrons. The molecular formula is C23H25F3N4OS. The van der Waals surface area contributed by atoms with Crippen LogP contribution in [0, 0.1) is 0 Å². The van der Waals surface area contributed by atoms with Gasteiger partial charge >= 0.3 is 6.18 Å². The Labute approximate surface area is 189 Å². The number of nitrogens with zero attached hydrogens (tertiary/aromatic N) is 4. The van der Waals surface area contributed by atoms with E-state index in [0.29, 0.717) is 19.0 Å². The molecule has 5 nitrogen and oxygen atoms in total. The lowest BCUT2D eigenvalue weighted by atomic mass is 10.2. The van der Waals surface area contributed by atoms with Crippen LogP contribution in [-0.4, -0.2) is 47.7 Å². The lowest BCUT2D eigenvalue weighted by Gasteiger charge is -2.22. The van der Waals surface area contributed by atoms with E-state index in [1.54, 1.807) is 11.3 Å². The van der Waals surface area contributed by atoms with Gasteiger partial charge in [0.25, 0.3) is 0 Å². The van der Waals surface area contributed by atoms with Crippen LogP contribution in [0.5, 0.6) is 5.75 Å². The molecule has 0 bridgehead atoms. The molecule has 0 spiro atoms. The Morgan fingerprint density at radius 3 is 2.53 bits per heavy atom. The Hall–Kier alpha value is -2.65. The van der Waals surface area contributed by atoms with E-state index in [2.05, 4.69) is 15.3 Å². The molecule has 0 saturated carbocycles. The second-order valence-electron chi connectivity index (χ2n) is 7.62. The highest BCUT2D eigenvalue weighted by molar-refractivity contribution is 7.13. The molecule has 0 aliphatic carbocycles. The van der Waals surface area contributed by atoms with Crippen LogP contribution in [-0.2, 0) is 12.7 Å². The van der Waals surface area contributed by atoms with Crippen LogP contribution in [0.15, 0.2) is 48.0 Å². The van der Waals surface area contributed by atoms with Gasteiger partial charge in [-0.15, -0.1) is 11.3 Å². The van der Waals surface area contributed by atoms with Crippen LogP contribution < -0.4 is 9.64 Å². The second kappa shape index (κ2) is 9.87. The van der Waals surface area contributed by atoms with Crippen molar-refractivity contribution in [3.8, 4) is 16.3 Å². The summed E-state index contributed by atoms with van der Waals surface area (Å²) >= 11 is 1.63. The zero-order valence-electron chi connectivity index (χ0n) is 17.8. The molecule has 1 aliphatic heterocycles. The smallest absolute Gasteiger partial charge is 0.417 e. The average Bonchev–Trinajstić information content (AvgIpc) is 3.12. The molecule has 0 amide bonds. The summed E-state index contributed by atoms with van der Waals surface area (Å²) in [6, 6.07) is 10.5. The van der Waals surface area contributed by atoms with Crippen molar-refractivity contribution in [1.29, 1.82) is 0 Å². The van der Waals surface area contributed by atoms with Gasteiger partial charge in [-0.3, -0.25) is 4.90 Å². The maximum atomic E-state index is 12.8. The maximum Gasteiger partial charge on any atom is 0.417 e. The number of ether oxygens (including phenoxy) is 1. The molecule has 0 unspecified atom stereocenters. The van der Waals surface area contributed by atoms with Gasteiger partial charge in [0.2, 0.25) is 0 Å². The summed E-state index contributed by atoms with van der Waals surface area (Å²) in [7, 11) is 0. The number of pyridine rings is 1. The number of alkyl halides is 3. The largest absolute Gasteiger partial charge is 0.494 e. The van der Waals surface area contributed by atoms with Gasteiger partial charge < -0.3 is 9.64 Å². The maximum absolute atomic E-state index is 12.8. The fourth-order valence-electron chi connectivity index (χ4n) is 3.70. The molecule has 2 aromatic heterocycles. The zero-order valence-corrected chi connectivity index (χ0v) is 18.6. The highest BCUT2D eigenvalue weighted by Gasteiger charge is 2.31. The highest BCUT2D eigenvalue weighted by Crippen LogP contribution is 2.30. The molecule has 1 aliphatic rings. The number of benzene rings is 1. The predicted octanol–water partition coefficient (Wildman–Crippen LogP) is 5.33. The summed E-state index contributed by atoms with van der Waals surface area (Å²) in [6.45, 7) is 6.55. The van der Waals surface area contributed by atoms with Crippen LogP contribution in [0.1, 0.15) is 24.6 Å². The summed E-state index contributed by atoms with van der Waals surface area (Å²) in [6.07, 6.45) is -2.53. The molecule has 0 atom stereocenters. The molecule has 9 heteroatoms. The van der Waals surface area contributed by atoms with Crippen molar-refractivity contribution in [1.82, 2.24) is 14.9 Å². The predicted molar refractivity (Wildman–Crippen MR) is 120 cm³/mol. The number of hydrogen-bond donors (Lipinski definition) is 0.